The van der Waals surface area contributed by atoms with Gasteiger partial charge >= 0.3 is 18.4 Å². The lowest BCUT2D eigenvalue weighted by Crippen LogP contribution is -2.44. The van der Waals surface area contributed by atoms with E-state index in [-0.39, 0.29) is 36.0 Å². The Morgan fingerprint density at radius 1 is 0.947 bits per heavy atom. The molecule has 0 aromatic heterocycles. The second-order valence-corrected chi connectivity index (χ2v) is 8.64. The van der Waals surface area contributed by atoms with Crippen molar-refractivity contribution in [3.63, 3.8) is 0 Å². The molecule has 0 bridgehead atoms. The van der Waals surface area contributed by atoms with Crippen molar-refractivity contribution in [3.05, 3.63) is 100 Å². The average molecular weight is 537 g/mol. The van der Waals surface area contributed by atoms with Crippen LogP contribution in [0.5, 0.6) is 0 Å². The Morgan fingerprint density at radius 3 is 2.16 bits per heavy atom. The number of alkyl halides is 6. The van der Waals surface area contributed by atoms with Gasteiger partial charge in [-0.05, 0) is 47.5 Å². The second kappa shape index (κ2) is 9.98. The lowest BCUT2D eigenvalue weighted by molar-refractivity contribution is -0.143. The van der Waals surface area contributed by atoms with Gasteiger partial charge in [-0.1, -0.05) is 30.3 Å². The highest BCUT2D eigenvalue weighted by Gasteiger charge is 2.45. The van der Waals surface area contributed by atoms with Crippen LogP contribution in [0, 0.1) is 17.1 Å². The minimum atomic E-state index is -5.01. The van der Waals surface area contributed by atoms with Gasteiger partial charge in [-0.2, -0.15) is 31.6 Å². The van der Waals surface area contributed by atoms with Gasteiger partial charge in [0.25, 0.3) is 0 Å². The first-order valence-corrected chi connectivity index (χ1v) is 11.0. The maximum atomic E-state index is 13.6. The molecule has 4 rings (SSSR count). The number of anilines is 1. The van der Waals surface area contributed by atoms with E-state index in [1.807, 2.05) is 6.07 Å². The third-order valence-electron chi connectivity index (χ3n) is 5.98. The summed E-state index contributed by atoms with van der Waals surface area (Å²) in [6.07, 6.45) is -10.0. The van der Waals surface area contributed by atoms with Crippen LogP contribution in [0.1, 0.15) is 27.8 Å². The number of benzene rings is 3. The summed E-state index contributed by atoms with van der Waals surface area (Å²) in [5.41, 5.74) is -4.02. The molecule has 1 aliphatic rings. The summed E-state index contributed by atoms with van der Waals surface area (Å²) < 4.78 is 98.5. The summed E-state index contributed by atoms with van der Waals surface area (Å²) in [5.74, 6) is -0.679. The van der Waals surface area contributed by atoms with Gasteiger partial charge in [-0.15, -0.1) is 0 Å². The van der Waals surface area contributed by atoms with E-state index in [2.05, 4.69) is 5.32 Å². The summed E-state index contributed by atoms with van der Waals surface area (Å²) in [6, 6.07) is 14.0. The number of hydrogen-bond acceptors (Lipinski definition) is 3. The van der Waals surface area contributed by atoms with Gasteiger partial charge in [0, 0.05) is 0 Å². The van der Waals surface area contributed by atoms with E-state index < -0.39 is 47.5 Å². The summed E-state index contributed by atoms with van der Waals surface area (Å²) in [6.45, 7) is -1.07. The van der Waals surface area contributed by atoms with Crippen LogP contribution < -0.4 is 10.2 Å². The van der Waals surface area contributed by atoms with Crippen molar-refractivity contribution in [1.82, 2.24) is 5.32 Å². The Balaban J connectivity index is 1.63. The summed E-state index contributed by atoms with van der Waals surface area (Å²) in [5, 5.41) is 12.2. The average Bonchev–Trinajstić information content (AvgIpc) is 3.20. The normalized spacial score (nSPS) is 17.8. The van der Waals surface area contributed by atoms with Crippen molar-refractivity contribution in [2.45, 2.75) is 24.5 Å². The summed E-state index contributed by atoms with van der Waals surface area (Å²) >= 11 is 0. The monoisotopic (exact) mass is 537 g/mol. The van der Waals surface area contributed by atoms with E-state index in [0.29, 0.717) is 17.7 Å². The van der Waals surface area contributed by atoms with E-state index in [1.54, 1.807) is 30.3 Å². The molecule has 1 saturated heterocycles. The Labute approximate surface area is 212 Å². The molecule has 1 N–H and O–H groups in total. The second-order valence-electron chi connectivity index (χ2n) is 8.64. The fourth-order valence-corrected chi connectivity index (χ4v) is 4.21. The number of nitrogens with zero attached hydrogens (tertiary/aromatic N) is 2. The van der Waals surface area contributed by atoms with Crippen LogP contribution in [0.3, 0.4) is 0 Å². The zero-order chi connectivity index (χ0) is 27.7. The maximum Gasteiger partial charge on any atom is 0.416 e. The van der Waals surface area contributed by atoms with E-state index in [1.165, 1.54) is 11.0 Å². The van der Waals surface area contributed by atoms with Crippen LogP contribution >= 0.6 is 0 Å². The Morgan fingerprint density at radius 2 is 1.58 bits per heavy atom. The van der Waals surface area contributed by atoms with E-state index in [0.717, 1.165) is 12.1 Å². The topological polar surface area (TPSA) is 65.4 Å². The molecule has 5 nitrogen and oxygen atoms in total. The quantitative estimate of drug-likeness (QED) is 0.372. The van der Waals surface area contributed by atoms with E-state index in [4.69, 9.17) is 4.74 Å². The van der Waals surface area contributed by atoms with Gasteiger partial charge in [0.1, 0.15) is 17.4 Å². The summed E-state index contributed by atoms with van der Waals surface area (Å²) in [4.78, 5) is 14.2. The van der Waals surface area contributed by atoms with Crippen molar-refractivity contribution in [3.8, 4) is 6.07 Å². The van der Waals surface area contributed by atoms with Gasteiger partial charge in [0.2, 0.25) is 0 Å². The van der Waals surface area contributed by atoms with Crippen LogP contribution in [0.25, 0.3) is 0 Å². The molecule has 3 aromatic carbocycles. The zero-order valence-corrected chi connectivity index (χ0v) is 19.3. The van der Waals surface area contributed by atoms with Crippen LogP contribution in [0.15, 0.2) is 66.7 Å². The van der Waals surface area contributed by atoms with Gasteiger partial charge in [-0.25, -0.2) is 9.18 Å². The SMILES string of the molecule is N#Cc1cc(F)ccc1N1C[C@@](COCc2cc(C(F)(F)F)cc(C(F)(F)F)c2)(c2ccccc2)NC1=O. The van der Waals surface area contributed by atoms with Crippen LogP contribution in [0.2, 0.25) is 0 Å². The highest BCUT2D eigenvalue weighted by Crippen LogP contribution is 2.37. The van der Waals surface area contributed by atoms with Gasteiger partial charge in [0.15, 0.2) is 0 Å². The molecule has 1 fully saturated rings. The molecule has 0 unspecified atom stereocenters. The number of halogens is 7. The molecule has 3 aromatic rings. The molecular weight excluding hydrogens is 519 g/mol. The molecule has 2 amide bonds. The largest absolute Gasteiger partial charge is 0.416 e. The fourth-order valence-electron chi connectivity index (χ4n) is 4.21. The number of carbonyl (C=O) groups is 1. The van der Waals surface area contributed by atoms with Crippen molar-refractivity contribution in [2.24, 2.45) is 0 Å². The molecule has 1 heterocycles. The number of urea groups is 1. The zero-order valence-electron chi connectivity index (χ0n) is 19.3. The number of rotatable bonds is 6. The van der Waals surface area contributed by atoms with Gasteiger partial charge < -0.3 is 10.1 Å². The lowest BCUT2D eigenvalue weighted by Gasteiger charge is -2.29. The molecule has 0 radical (unpaired) electrons. The minimum Gasteiger partial charge on any atom is -0.374 e. The predicted octanol–water partition coefficient (Wildman–Crippen LogP) is 6.38. The van der Waals surface area contributed by atoms with Crippen LogP contribution in [0.4, 0.5) is 41.2 Å². The number of hydrogen-bond donors (Lipinski definition) is 1. The highest BCUT2D eigenvalue weighted by molar-refractivity contribution is 5.96. The minimum absolute atomic E-state index is 0.0273. The predicted molar refractivity (Wildman–Crippen MR) is 121 cm³/mol. The van der Waals surface area contributed by atoms with Crippen molar-refractivity contribution >= 4 is 11.7 Å². The Hall–Kier alpha value is -4.11. The molecule has 1 atom stereocenters. The first kappa shape index (κ1) is 26.9. The molecule has 38 heavy (non-hydrogen) atoms. The highest BCUT2D eigenvalue weighted by atomic mass is 19.4. The number of carbonyl (C=O) groups excluding carboxylic acids is 1. The van der Waals surface area contributed by atoms with Crippen molar-refractivity contribution in [1.29, 1.82) is 5.26 Å². The lowest BCUT2D eigenvalue weighted by atomic mass is 9.91. The molecule has 0 aliphatic carbocycles. The summed E-state index contributed by atoms with van der Waals surface area (Å²) in [7, 11) is 0. The number of nitriles is 1. The first-order chi connectivity index (χ1) is 17.8. The first-order valence-electron chi connectivity index (χ1n) is 11.0. The molecule has 0 spiro atoms. The standard InChI is InChI=1S/C26H18F7N3O2/c27-21-6-7-22(17(10-21)12-34)36-14-24(35-23(36)37,18-4-2-1-3-5-18)15-38-13-16-8-19(25(28,29)30)11-20(9-16)26(31,32)33/h1-11H,13-15H2,(H,35,37)/t24-/m1/s1. The maximum absolute atomic E-state index is 13.6. The molecule has 0 saturated carbocycles. The molecule has 198 valence electrons. The fraction of sp³-hybridized carbons (Fsp3) is 0.231. The molecule has 12 heteroatoms. The third kappa shape index (κ3) is 5.57. The van der Waals surface area contributed by atoms with Crippen molar-refractivity contribution in [2.75, 3.05) is 18.1 Å². The Bertz CT molecular complexity index is 1350. The van der Waals surface area contributed by atoms with Gasteiger partial charge in [0.05, 0.1) is 42.1 Å². The number of nitrogens with one attached hydrogen (secondary N) is 1. The molecular formula is C26H18F7N3O2. The number of amides is 2. The molecule has 1 aliphatic heterocycles. The van der Waals surface area contributed by atoms with Crippen LogP contribution in [-0.2, 0) is 29.2 Å². The van der Waals surface area contributed by atoms with Crippen LogP contribution in [-0.4, -0.2) is 19.2 Å². The smallest absolute Gasteiger partial charge is 0.374 e. The van der Waals surface area contributed by atoms with E-state index >= 15 is 0 Å². The van der Waals surface area contributed by atoms with Gasteiger partial charge in [-0.3, -0.25) is 4.90 Å². The number of ether oxygens (including phenoxy) is 1. The van der Waals surface area contributed by atoms with Crippen molar-refractivity contribution < 1.29 is 40.3 Å². The van der Waals surface area contributed by atoms with E-state index in [9.17, 15) is 40.8 Å². The third-order valence-corrected chi connectivity index (χ3v) is 5.98. The Kier molecular flexibility index (Phi) is 7.08.